The highest BCUT2D eigenvalue weighted by molar-refractivity contribution is 7.09. The van der Waals surface area contributed by atoms with Crippen molar-refractivity contribution in [1.82, 2.24) is 25.4 Å². The molecule has 1 unspecified atom stereocenters. The summed E-state index contributed by atoms with van der Waals surface area (Å²) < 4.78 is 12.0. The summed E-state index contributed by atoms with van der Waals surface area (Å²) in [6.45, 7) is 16.2. The summed E-state index contributed by atoms with van der Waals surface area (Å²) in [6, 6.07) is 8.36. The lowest BCUT2D eigenvalue weighted by Crippen LogP contribution is -2.71. The number of aromatic nitrogens is 1. The zero-order valence-corrected chi connectivity index (χ0v) is 33.5. The van der Waals surface area contributed by atoms with E-state index in [1.54, 1.807) is 20.4 Å². The molecule has 11 nitrogen and oxygen atoms in total. The number of benzene rings is 1. The molecule has 2 fully saturated rings. The SMILES string of the molecule is CO[C@H]([C@@H](C)C(=O)N[C@@H](Cc1ccccc1)c1nccs1)[C@@H]1CCCN1C(=O)C[C@@H](OC)[C@@H]1[C@@H](C)C(C)N1C(=O)[C@@H](NC(=O)[C@@H](C)C(C)C)C(C)C. The van der Waals surface area contributed by atoms with Crippen LogP contribution in [-0.4, -0.2) is 95.6 Å². The van der Waals surface area contributed by atoms with E-state index in [-0.39, 0.29) is 77.9 Å². The van der Waals surface area contributed by atoms with E-state index in [0.717, 1.165) is 17.0 Å². The lowest BCUT2D eigenvalue weighted by atomic mass is 9.76. The van der Waals surface area contributed by atoms with Gasteiger partial charge < -0.3 is 29.9 Å². The van der Waals surface area contributed by atoms with E-state index < -0.39 is 24.2 Å². The largest absolute Gasteiger partial charge is 0.379 e. The third kappa shape index (κ3) is 9.41. The lowest BCUT2D eigenvalue weighted by molar-refractivity contribution is -0.170. The van der Waals surface area contributed by atoms with Crippen molar-refractivity contribution in [2.45, 2.75) is 123 Å². The van der Waals surface area contributed by atoms with Gasteiger partial charge in [-0.2, -0.15) is 0 Å². The molecule has 3 heterocycles. The van der Waals surface area contributed by atoms with Crippen LogP contribution in [0.1, 0.15) is 91.3 Å². The van der Waals surface area contributed by atoms with Gasteiger partial charge in [0, 0.05) is 44.3 Å². The van der Waals surface area contributed by atoms with Crippen molar-refractivity contribution in [1.29, 1.82) is 0 Å². The Balaban J connectivity index is 1.45. The van der Waals surface area contributed by atoms with Crippen LogP contribution in [0.15, 0.2) is 41.9 Å². The second kappa shape index (κ2) is 18.6. The number of carbonyl (C=O) groups excluding carboxylic acids is 4. The van der Waals surface area contributed by atoms with Crippen LogP contribution in [0.25, 0.3) is 0 Å². The lowest BCUT2D eigenvalue weighted by Gasteiger charge is -2.56. The number of hydrogen-bond acceptors (Lipinski definition) is 8. The number of thiazole rings is 1. The van der Waals surface area contributed by atoms with Gasteiger partial charge in [-0.3, -0.25) is 19.2 Å². The number of amides is 4. The van der Waals surface area contributed by atoms with Gasteiger partial charge in [0.2, 0.25) is 23.6 Å². The molecule has 0 aliphatic carbocycles. The van der Waals surface area contributed by atoms with E-state index >= 15 is 0 Å². The van der Waals surface area contributed by atoms with E-state index in [9.17, 15) is 19.2 Å². The molecule has 4 rings (SSSR count). The van der Waals surface area contributed by atoms with Crippen molar-refractivity contribution < 1.29 is 28.7 Å². The van der Waals surface area contributed by atoms with Gasteiger partial charge in [0.1, 0.15) is 11.0 Å². The molecule has 52 heavy (non-hydrogen) atoms. The fourth-order valence-corrected chi connectivity index (χ4v) is 8.46. The third-order valence-corrected chi connectivity index (χ3v) is 12.4. The Hall–Kier alpha value is -3.35. The van der Waals surface area contributed by atoms with Crippen LogP contribution < -0.4 is 10.6 Å². The Morgan fingerprint density at radius 3 is 2.17 bits per heavy atom. The maximum atomic E-state index is 14.1. The zero-order valence-electron chi connectivity index (χ0n) is 32.7. The molecule has 4 amide bonds. The monoisotopic (exact) mass is 739 g/mol. The number of methoxy groups -OCH3 is 2. The highest BCUT2D eigenvalue weighted by Gasteiger charge is 2.52. The maximum Gasteiger partial charge on any atom is 0.246 e. The standard InChI is InChI=1S/C40H61N5O6S/c1-23(2)25(5)37(47)43-34(24(3)4)40(49)45-28(8)26(6)35(45)32(50-9)22-33(46)44-19-14-17-31(44)36(51-10)27(7)38(48)42-30(39-41-18-20-52-39)21-29-15-12-11-13-16-29/h11-13,15-16,18,20,23-28,30-32,34-36H,14,17,19,21-22H2,1-10H3,(H,42,48)(H,43,47)/t25-,26-,27+,28?,30-,31-,32+,34-,35-,36+/m0/s1. The number of likely N-dealkylation sites (tertiary alicyclic amines) is 2. The van der Waals surface area contributed by atoms with Crippen LogP contribution in [0.3, 0.4) is 0 Å². The van der Waals surface area contributed by atoms with Crippen molar-refractivity contribution in [3.63, 3.8) is 0 Å². The van der Waals surface area contributed by atoms with Gasteiger partial charge in [-0.25, -0.2) is 4.98 Å². The molecular formula is C40H61N5O6S. The molecule has 1 aromatic heterocycles. The van der Waals surface area contributed by atoms with E-state index in [4.69, 9.17) is 9.47 Å². The fraction of sp³-hybridized carbons (Fsp3) is 0.675. The summed E-state index contributed by atoms with van der Waals surface area (Å²) in [4.78, 5) is 63.3. The normalized spacial score (nSPS) is 23.8. The predicted molar refractivity (Wildman–Crippen MR) is 203 cm³/mol. The first kappa shape index (κ1) is 41.4. The van der Waals surface area contributed by atoms with Gasteiger partial charge in [-0.05, 0) is 49.5 Å². The molecule has 2 N–H and O–H groups in total. The number of hydrogen-bond donors (Lipinski definition) is 2. The van der Waals surface area contributed by atoms with Gasteiger partial charge >= 0.3 is 0 Å². The molecule has 2 aromatic rings. The van der Waals surface area contributed by atoms with Crippen molar-refractivity contribution in [3.05, 3.63) is 52.5 Å². The third-order valence-electron chi connectivity index (χ3n) is 11.5. The van der Waals surface area contributed by atoms with Crippen LogP contribution in [-0.2, 0) is 35.1 Å². The molecule has 2 aliphatic heterocycles. The molecule has 0 spiro atoms. The van der Waals surface area contributed by atoms with Crippen LogP contribution in [0, 0.1) is 29.6 Å². The fourth-order valence-electron chi connectivity index (χ4n) is 7.77. The number of nitrogens with one attached hydrogen (secondary N) is 2. The second-order valence-electron chi connectivity index (χ2n) is 15.5. The van der Waals surface area contributed by atoms with Crippen molar-refractivity contribution in [2.75, 3.05) is 20.8 Å². The molecule has 288 valence electrons. The molecule has 0 radical (unpaired) electrons. The summed E-state index contributed by atoms with van der Waals surface area (Å²) in [5, 5.41) is 9.00. The van der Waals surface area contributed by atoms with E-state index in [1.807, 2.05) is 94.0 Å². The molecular weight excluding hydrogens is 679 g/mol. The Morgan fingerprint density at radius 2 is 1.60 bits per heavy atom. The number of nitrogens with zero attached hydrogens (tertiary/aromatic N) is 3. The van der Waals surface area contributed by atoms with Gasteiger partial charge in [0.15, 0.2) is 0 Å². The quantitative estimate of drug-likeness (QED) is 0.227. The highest BCUT2D eigenvalue weighted by atomic mass is 32.1. The molecule has 12 heteroatoms. The average molecular weight is 740 g/mol. The topological polar surface area (TPSA) is 130 Å². The minimum Gasteiger partial charge on any atom is -0.379 e. The van der Waals surface area contributed by atoms with Gasteiger partial charge in [0.25, 0.3) is 0 Å². The summed E-state index contributed by atoms with van der Waals surface area (Å²) >= 11 is 1.51. The Morgan fingerprint density at radius 1 is 0.923 bits per heavy atom. The average Bonchev–Trinajstić information content (AvgIpc) is 3.85. The highest BCUT2D eigenvalue weighted by Crippen LogP contribution is 2.38. The van der Waals surface area contributed by atoms with E-state index in [1.165, 1.54) is 11.3 Å². The Labute approximate surface area is 314 Å². The first-order valence-corrected chi connectivity index (χ1v) is 19.8. The summed E-state index contributed by atoms with van der Waals surface area (Å²) in [6.07, 6.45) is 2.88. The van der Waals surface area contributed by atoms with Gasteiger partial charge in [0.05, 0.1) is 42.7 Å². The van der Waals surface area contributed by atoms with Crippen molar-refractivity contribution >= 4 is 35.0 Å². The number of ether oxygens (including phenoxy) is 2. The second-order valence-corrected chi connectivity index (χ2v) is 16.4. The molecule has 2 saturated heterocycles. The Bertz CT molecular complexity index is 1470. The van der Waals surface area contributed by atoms with E-state index in [2.05, 4.69) is 22.5 Å². The Kier molecular flexibility index (Phi) is 14.8. The minimum atomic E-state index is -0.680. The summed E-state index contributed by atoms with van der Waals surface area (Å²) in [5.74, 6) is -1.18. The number of rotatable bonds is 17. The zero-order chi connectivity index (χ0) is 38.3. The molecule has 1 aromatic carbocycles. The molecule has 10 atom stereocenters. The first-order chi connectivity index (χ1) is 24.7. The maximum absolute atomic E-state index is 14.1. The molecule has 0 saturated carbocycles. The van der Waals surface area contributed by atoms with Crippen molar-refractivity contribution in [2.24, 2.45) is 29.6 Å². The predicted octanol–water partition coefficient (Wildman–Crippen LogP) is 5.26. The van der Waals surface area contributed by atoms with Gasteiger partial charge in [-0.1, -0.05) is 78.8 Å². The van der Waals surface area contributed by atoms with Crippen LogP contribution in [0.5, 0.6) is 0 Å². The molecule has 2 aliphatic rings. The van der Waals surface area contributed by atoms with Crippen molar-refractivity contribution in [3.8, 4) is 0 Å². The van der Waals surface area contributed by atoms with Crippen LogP contribution >= 0.6 is 11.3 Å². The van der Waals surface area contributed by atoms with Crippen LogP contribution in [0.4, 0.5) is 0 Å². The molecule has 0 bridgehead atoms. The van der Waals surface area contributed by atoms with Gasteiger partial charge in [-0.15, -0.1) is 11.3 Å². The number of carbonyl (C=O) groups is 4. The summed E-state index contributed by atoms with van der Waals surface area (Å²) in [5.41, 5.74) is 1.10. The van der Waals surface area contributed by atoms with E-state index in [0.29, 0.717) is 19.4 Å². The smallest absolute Gasteiger partial charge is 0.246 e. The van der Waals surface area contributed by atoms with Crippen LogP contribution in [0.2, 0.25) is 0 Å². The first-order valence-electron chi connectivity index (χ1n) is 18.9. The summed E-state index contributed by atoms with van der Waals surface area (Å²) in [7, 11) is 3.19. The minimum absolute atomic E-state index is 0.0715.